The zero-order valence-electron chi connectivity index (χ0n) is 18.6. The molecular weight excluding hydrogens is 398 g/mol. The van der Waals surface area contributed by atoms with Gasteiger partial charge >= 0.3 is 6.03 Å². The summed E-state index contributed by atoms with van der Waals surface area (Å²) < 4.78 is 6.97. The molecule has 3 rings (SSSR count). The van der Waals surface area contributed by atoms with Crippen LogP contribution >= 0.6 is 0 Å². The lowest BCUT2D eigenvalue weighted by Crippen LogP contribution is -2.35. The van der Waals surface area contributed by atoms with Gasteiger partial charge in [0.05, 0.1) is 30.6 Å². The van der Waals surface area contributed by atoms with Gasteiger partial charge in [-0.25, -0.2) is 4.79 Å². The number of nitrogens with zero attached hydrogens (tertiary/aromatic N) is 3. The second kappa shape index (κ2) is 9.20. The third-order valence-electron chi connectivity index (χ3n) is 5.36. The fourth-order valence-corrected chi connectivity index (χ4v) is 3.68. The van der Waals surface area contributed by atoms with Crippen LogP contribution in [0.25, 0.3) is 0 Å². The molecular formula is C22H29N5O4. The zero-order valence-corrected chi connectivity index (χ0v) is 18.6. The van der Waals surface area contributed by atoms with E-state index in [2.05, 4.69) is 15.7 Å². The molecule has 1 aliphatic heterocycles. The Labute approximate surface area is 181 Å². The van der Waals surface area contributed by atoms with E-state index < -0.39 is 12.1 Å². The fraction of sp³-hybridized carbons (Fsp3) is 0.455. The Morgan fingerprint density at radius 1 is 1.23 bits per heavy atom. The number of methoxy groups -OCH3 is 1. The summed E-state index contributed by atoms with van der Waals surface area (Å²) in [5, 5.41) is 9.90. The van der Waals surface area contributed by atoms with Gasteiger partial charge < -0.3 is 15.4 Å². The van der Waals surface area contributed by atoms with Crippen molar-refractivity contribution in [1.29, 1.82) is 0 Å². The Bertz CT molecular complexity index is 981. The highest BCUT2D eigenvalue weighted by Crippen LogP contribution is 2.23. The van der Waals surface area contributed by atoms with E-state index in [1.807, 2.05) is 56.6 Å². The topological polar surface area (TPSA) is 106 Å². The number of ether oxygens (including phenoxy) is 1. The van der Waals surface area contributed by atoms with Crippen LogP contribution in [-0.2, 0) is 16.0 Å². The number of benzene rings is 1. The van der Waals surface area contributed by atoms with E-state index in [-0.39, 0.29) is 30.8 Å². The van der Waals surface area contributed by atoms with Gasteiger partial charge in [0.15, 0.2) is 0 Å². The number of aryl methyl sites for hydroxylation is 1. The Kier molecular flexibility index (Phi) is 6.62. The molecule has 0 bridgehead atoms. The van der Waals surface area contributed by atoms with Crippen molar-refractivity contribution in [1.82, 2.24) is 20.0 Å². The molecule has 4 amide bonds. The van der Waals surface area contributed by atoms with Gasteiger partial charge in [-0.1, -0.05) is 12.1 Å². The van der Waals surface area contributed by atoms with E-state index in [0.717, 1.165) is 21.9 Å². The van der Waals surface area contributed by atoms with Crippen molar-refractivity contribution in [3.63, 3.8) is 0 Å². The molecule has 1 fully saturated rings. The normalized spacial score (nSPS) is 16.1. The summed E-state index contributed by atoms with van der Waals surface area (Å²) in [7, 11) is 1.59. The van der Waals surface area contributed by atoms with E-state index in [9.17, 15) is 14.4 Å². The standard InChI is InChI=1S/C22H29N5O4/c1-13(2)27-15(4)20(14(3)25-27)24-19(28)12-18-21(29)26(22(30)23-18)11-10-16-6-8-17(31-5)9-7-16/h6-9,13,18H,10-12H2,1-5H3,(H,23,30)(H,24,28)/t18-/m0/s1. The van der Waals surface area contributed by atoms with Crippen molar-refractivity contribution in [3.05, 3.63) is 41.2 Å². The summed E-state index contributed by atoms with van der Waals surface area (Å²) >= 11 is 0. The number of hydrogen-bond donors (Lipinski definition) is 2. The number of anilines is 1. The number of aromatic nitrogens is 2. The molecule has 0 spiro atoms. The van der Waals surface area contributed by atoms with E-state index >= 15 is 0 Å². The van der Waals surface area contributed by atoms with Gasteiger partial charge in [-0.15, -0.1) is 0 Å². The predicted molar refractivity (Wildman–Crippen MR) is 116 cm³/mol. The smallest absolute Gasteiger partial charge is 0.324 e. The minimum absolute atomic E-state index is 0.130. The van der Waals surface area contributed by atoms with Crippen molar-refractivity contribution >= 4 is 23.5 Å². The largest absolute Gasteiger partial charge is 0.497 e. The van der Waals surface area contributed by atoms with E-state index in [1.54, 1.807) is 7.11 Å². The molecule has 1 aromatic heterocycles. The van der Waals surface area contributed by atoms with Crippen LogP contribution in [0.3, 0.4) is 0 Å². The maximum absolute atomic E-state index is 12.7. The second-order valence-corrected chi connectivity index (χ2v) is 7.93. The van der Waals surface area contributed by atoms with Gasteiger partial charge in [-0.3, -0.25) is 19.2 Å². The lowest BCUT2D eigenvalue weighted by Gasteiger charge is -2.13. The van der Waals surface area contributed by atoms with Gasteiger partial charge in [-0.05, 0) is 51.8 Å². The highest BCUT2D eigenvalue weighted by Gasteiger charge is 2.38. The van der Waals surface area contributed by atoms with E-state index in [4.69, 9.17) is 4.74 Å². The molecule has 1 aliphatic rings. The van der Waals surface area contributed by atoms with Gasteiger partial charge in [0.25, 0.3) is 5.91 Å². The minimum atomic E-state index is -0.871. The van der Waals surface area contributed by atoms with Crippen molar-refractivity contribution in [2.75, 3.05) is 19.0 Å². The quantitative estimate of drug-likeness (QED) is 0.630. The zero-order chi connectivity index (χ0) is 22.7. The lowest BCUT2D eigenvalue weighted by molar-refractivity contribution is -0.129. The third kappa shape index (κ3) is 4.87. The van der Waals surface area contributed by atoms with Crippen LogP contribution < -0.4 is 15.4 Å². The molecule has 1 saturated heterocycles. The van der Waals surface area contributed by atoms with Gasteiger partial charge in [0.1, 0.15) is 11.8 Å². The van der Waals surface area contributed by atoms with Crippen LogP contribution in [0.5, 0.6) is 5.75 Å². The van der Waals surface area contributed by atoms with Gasteiger partial charge in [-0.2, -0.15) is 5.10 Å². The van der Waals surface area contributed by atoms with Gasteiger partial charge in [0, 0.05) is 12.6 Å². The Morgan fingerprint density at radius 2 is 1.90 bits per heavy atom. The molecule has 31 heavy (non-hydrogen) atoms. The number of imide groups is 1. The van der Waals surface area contributed by atoms with Crippen molar-refractivity contribution < 1.29 is 19.1 Å². The first-order valence-electron chi connectivity index (χ1n) is 10.3. The summed E-state index contributed by atoms with van der Waals surface area (Å²) in [6.45, 7) is 7.98. The number of carbonyl (C=O) groups excluding carboxylic acids is 3. The second-order valence-electron chi connectivity index (χ2n) is 7.93. The lowest BCUT2D eigenvalue weighted by atomic mass is 10.1. The Balaban J connectivity index is 1.58. The molecule has 1 aromatic carbocycles. The SMILES string of the molecule is COc1ccc(CCN2C(=O)N[C@@H](CC(=O)Nc3c(C)nn(C(C)C)c3C)C2=O)cc1. The summed E-state index contributed by atoms with van der Waals surface area (Å²) in [5.74, 6) is 0.0133. The maximum atomic E-state index is 12.7. The molecule has 1 atom stereocenters. The highest BCUT2D eigenvalue weighted by molar-refractivity contribution is 6.07. The molecule has 0 unspecified atom stereocenters. The average Bonchev–Trinajstić information content (AvgIpc) is 3.16. The summed E-state index contributed by atoms with van der Waals surface area (Å²) in [6.07, 6.45) is 0.393. The van der Waals surface area contributed by atoms with Crippen molar-refractivity contribution in [3.8, 4) is 5.75 Å². The summed E-state index contributed by atoms with van der Waals surface area (Å²) in [5.41, 5.74) is 3.19. The first-order chi connectivity index (χ1) is 14.7. The molecule has 2 N–H and O–H groups in total. The Hall–Kier alpha value is -3.36. The van der Waals surface area contributed by atoms with Crippen LogP contribution in [0.2, 0.25) is 0 Å². The first-order valence-corrected chi connectivity index (χ1v) is 10.3. The van der Waals surface area contributed by atoms with Crippen LogP contribution in [0, 0.1) is 13.8 Å². The molecule has 0 radical (unpaired) electrons. The summed E-state index contributed by atoms with van der Waals surface area (Å²) in [4.78, 5) is 38.7. The summed E-state index contributed by atoms with van der Waals surface area (Å²) in [6, 6.07) is 6.27. The maximum Gasteiger partial charge on any atom is 0.324 e. The fourth-order valence-electron chi connectivity index (χ4n) is 3.68. The van der Waals surface area contributed by atoms with Gasteiger partial charge in [0.2, 0.25) is 5.91 Å². The number of amides is 4. The first kappa shape index (κ1) is 22.3. The molecule has 0 aliphatic carbocycles. The number of carbonyl (C=O) groups is 3. The highest BCUT2D eigenvalue weighted by atomic mass is 16.5. The molecule has 9 heteroatoms. The van der Waals surface area contributed by atoms with Crippen LogP contribution in [0.4, 0.5) is 10.5 Å². The number of nitrogens with one attached hydrogen (secondary N) is 2. The van der Waals surface area contributed by atoms with Crippen LogP contribution in [-0.4, -0.2) is 52.2 Å². The number of urea groups is 1. The molecule has 2 aromatic rings. The molecule has 166 valence electrons. The van der Waals surface area contributed by atoms with Crippen LogP contribution in [0.15, 0.2) is 24.3 Å². The number of hydrogen-bond acceptors (Lipinski definition) is 5. The van der Waals surface area contributed by atoms with Crippen molar-refractivity contribution in [2.45, 2.75) is 52.6 Å². The Morgan fingerprint density at radius 3 is 2.48 bits per heavy atom. The monoisotopic (exact) mass is 427 g/mol. The van der Waals surface area contributed by atoms with E-state index in [1.165, 1.54) is 0 Å². The molecule has 0 saturated carbocycles. The molecule has 9 nitrogen and oxygen atoms in total. The van der Waals surface area contributed by atoms with E-state index in [0.29, 0.717) is 17.8 Å². The predicted octanol–water partition coefficient (Wildman–Crippen LogP) is 2.58. The number of rotatable bonds is 8. The average molecular weight is 428 g/mol. The third-order valence-corrected chi connectivity index (χ3v) is 5.36. The van der Waals surface area contributed by atoms with Crippen LogP contribution in [0.1, 0.15) is 43.3 Å². The van der Waals surface area contributed by atoms with Crippen molar-refractivity contribution in [2.24, 2.45) is 0 Å². The molecule has 2 heterocycles. The minimum Gasteiger partial charge on any atom is -0.497 e.